The van der Waals surface area contributed by atoms with E-state index in [4.69, 9.17) is 9.15 Å². The van der Waals surface area contributed by atoms with Crippen molar-refractivity contribution in [3.05, 3.63) is 34.6 Å². The van der Waals surface area contributed by atoms with Gasteiger partial charge >= 0.3 is 11.7 Å². The van der Waals surface area contributed by atoms with Crippen LogP contribution in [0.2, 0.25) is 0 Å². The van der Waals surface area contributed by atoms with Gasteiger partial charge in [-0.3, -0.25) is 0 Å². The lowest BCUT2D eigenvalue weighted by atomic mass is 10.2. The summed E-state index contributed by atoms with van der Waals surface area (Å²) in [4.78, 5) is 26.3. The molecule has 2 aromatic rings. The van der Waals surface area contributed by atoms with Gasteiger partial charge in [0.05, 0.1) is 12.9 Å². The Hall–Kier alpha value is -2.44. The molecule has 0 unspecified atom stereocenters. The van der Waals surface area contributed by atoms with Gasteiger partial charge in [-0.05, 0) is 19.1 Å². The van der Waals surface area contributed by atoms with Crippen molar-refractivity contribution < 1.29 is 13.9 Å². The van der Waals surface area contributed by atoms with Crippen LogP contribution in [0.4, 0.5) is 0 Å². The molecule has 0 saturated carbocycles. The standard InChI is InChI=1S/C10H9N3O4/c1-2-16-9(14)8-7(6-4-3-5-17-6)11-10(15)13-12-8/h3-5H,2H2,1H3,(H,11,13,15). The number of furan rings is 1. The SMILES string of the molecule is CCOC(=O)c1n[nH]c(=O)nc1-c1ccco1. The highest BCUT2D eigenvalue weighted by atomic mass is 16.5. The Bertz CT molecular complexity index is 573. The van der Waals surface area contributed by atoms with Gasteiger partial charge < -0.3 is 9.15 Å². The molecule has 88 valence electrons. The van der Waals surface area contributed by atoms with Crippen molar-refractivity contribution in [3.8, 4) is 11.5 Å². The average Bonchev–Trinajstić information content (AvgIpc) is 2.82. The van der Waals surface area contributed by atoms with E-state index in [0.29, 0.717) is 0 Å². The Morgan fingerprint density at radius 1 is 1.59 bits per heavy atom. The van der Waals surface area contributed by atoms with Crippen LogP contribution < -0.4 is 5.69 Å². The molecule has 7 heteroatoms. The number of aromatic nitrogens is 3. The van der Waals surface area contributed by atoms with Gasteiger partial charge in [-0.15, -0.1) is 0 Å². The van der Waals surface area contributed by atoms with Crippen LogP contribution in [0.1, 0.15) is 17.4 Å². The molecule has 0 atom stereocenters. The minimum absolute atomic E-state index is 0.0669. The molecule has 0 aliphatic rings. The molecule has 2 aromatic heterocycles. The van der Waals surface area contributed by atoms with Gasteiger partial charge in [-0.25, -0.2) is 14.7 Å². The monoisotopic (exact) mass is 235 g/mol. The number of nitrogens with zero attached hydrogens (tertiary/aromatic N) is 2. The zero-order valence-corrected chi connectivity index (χ0v) is 8.97. The van der Waals surface area contributed by atoms with E-state index in [1.54, 1.807) is 19.1 Å². The van der Waals surface area contributed by atoms with Crippen LogP contribution in [0.25, 0.3) is 11.5 Å². The summed E-state index contributed by atoms with van der Waals surface area (Å²) in [7, 11) is 0. The third kappa shape index (κ3) is 2.22. The number of hydrogen-bond donors (Lipinski definition) is 1. The molecule has 17 heavy (non-hydrogen) atoms. The molecular formula is C10H9N3O4. The maximum atomic E-state index is 11.6. The second-order valence-corrected chi connectivity index (χ2v) is 3.04. The molecule has 0 saturated heterocycles. The minimum Gasteiger partial charge on any atom is -0.463 e. The first kappa shape index (κ1) is 11.1. The average molecular weight is 235 g/mol. The predicted molar refractivity (Wildman–Crippen MR) is 56.3 cm³/mol. The summed E-state index contributed by atoms with van der Waals surface area (Å²) < 4.78 is 9.88. The molecular weight excluding hydrogens is 226 g/mol. The van der Waals surface area contributed by atoms with Crippen LogP contribution in [-0.4, -0.2) is 27.8 Å². The Morgan fingerprint density at radius 3 is 3.06 bits per heavy atom. The molecule has 0 aromatic carbocycles. The molecule has 1 N–H and O–H groups in total. The Balaban J connectivity index is 2.52. The number of esters is 1. The highest BCUT2D eigenvalue weighted by Crippen LogP contribution is 2.19. The fourth-order valence-electron chi connectivity index (χ4n) is 1.26. The van der Waals surface area contributed by atoms with Gasteiger partial charge in [-0.1, -0.05) is 0 Å². The van der Waals surface area contributed by atoms with Crippen molar-refractivity contribution in [2.45, 2.75) is 6.92 Å². The van der Waals surface area contributed by atoms with E-state index < -0.39 is 11.7 Å². The van der Waals surface area contributed by atoms with Crippen molar-refractivity contribution in [2.24, 2.45) is 0 Å². The van der Waals surface area contributed by atoms with E-state index in [1.165, 1.54) is 6.26 Å². The lowest BCUT2D eigenvalue weighted by Gasteiger charge is -2.03. The first-order valence-corrected chi connectivity index (χ1v) is 4.90. The minimum atomic E-state index is -0.664. The molecule has 0 bridgehead atoms. The summed E-state index contributed by atoms with van der Waals surface area (Å²) >= 11 is 0. The number of ether oxygens (including phenoxy) is 1. The quantitative estimate of drug-likeness (QED) is 0.782. The molecule has 2 heterocycles. The normalized spacial score (nSPS) is 10.2. The molecule has 0 aliphatic heterocycles. The molecule has 0 fully saturated rings. The zero-order chi connectivity index (χ0) is 12.3. The van der Waals surface area contributed by atoms with Crippen LogP contribution in [0.15, 0.2) is 27.6 Å². The highest BCUT2D eigenvalue weighted by molar-refractivity contribution is 5.92. The van der Waals surface area contributed by atoms with Crippen molar-refractivity contribution in [2.75, 3.05) is 6.61 Å². The van der Waals surface area contributed by atoms with Gasteiger partial charge in [0.1, 0.15) is 5.69 Å². The van der Waals surface area contributed by atoms with E-state index in [2.05, 4.69) is 15.2 Å². The fraction of sp³-hybridized carbons (Fsp3) is 0.200. The number of aromatic amines is 1. The van der Waals surface area contributed by atoms with Crippen LogP contribution in [0, 0.1) is 0 Å². The Kier molecular flexibility index (Phi) is 2.99. The largest absolute Gasteiger partial charge is 0.463 e. The number of carbonyl (C=O) groups is 1. The zero-order valence-electron chi connectivity index (χ0n) is 8.97. The molecule has 0 radical (unpaired) electrons. The van der Waals surface area contributed by atoms with Crippen LogP contribution in [0.3, 0.4) is 0 Å². The molecule has 7 nitrogen and oxygen atoms in total. The van der Waals surface area contributed by atoms with Gasteiger partial charge in [0.15, 0.2) is 11.5 Å². The van der Waals surface area contributed by atoms with Gasteiger partial charge in [0.2, 0.25) is 0 Å². The first-order valence-electron chi connectivity index (χ1n) is 4.90. The Labute approximate surface area is 95.4 Å². The summed E-state index contributed by atoms with van der Waals surface area (Å²) in [6, 6.07) is 3.19. The third-order valence-corrected chi connectivity index (χ3v) is 1.92. The third-order valence-electron chi connectivity index (χ3n) is 1.92. The maximum Gasteiger partial charge on any atom is 0.362 e. The number of hydrogen-bond acceptors (Lipinski definition) is 6. The predicted octanol–water partition coefficient (Wildman–Crippen LogP) is 0.602. The van der Waals surface area contributed by atoms with Gasteiger partial charge in [0, 0.05) is 0 Å². The lowest BCUT2D eigenvalue weighted by Crippen LogP contribution is -2.19. The van der Waals surface area contributed by atoms with Gasteiger partial charge in [-0.2, -0.15) is 10.1 Å². The van der Waals surface area contributed by atoms with E-state index >= 15 is 0 Å². The second kappa shape index (κ2) is 4.60. The molecule has 0 aliphatic carbocycles. The smallest absolute Gasteiger partial charge is 0.362 e. The van der Waals surface area contributed by atoms with Crippen molar-refractivity contribution in [1.82, 2.24) is 15.2 Å². The van der Waals surface area contributed by atoms with E-state index in [1.807, 2.05) is 0 Å². The van der Waals surface area contributed by atoms with Crippen molar-refractivity contribution in [3.63, 3.8) is 0 Å². The lowest BCUT2D eigenvalue weighted by molar-refractivity contribution is 0.0518. The van der Waals surface area contributed by atoms with Crippen molar-refractivity contribution in [1.29, 1.82) is 0 Å². The van der Waals surface area contributed by atoms with Crippen LogP contribution in [-0.2, 0) is 4.74 Å². The van der Waals surface area contributed by atoms with E-state index in [-0.39, 0.29) is 23.8 Å². The van der Waals surface area contributed by atoms with Crippen LogP contribution in [0.5, 0.6) is 0 Å². The van der Waals surface area contributed by atoms with Crippen molar-refractivity contribution >= 4 is 5.97 Å². The van der Waals surface area contributed by atoms with E-state index in [9.17, 15) is 9.59 Å². The number of carbonyl (C=O) groups excluding carboxylic acids is 1. The topological polar surface area (TPSA) is 98.1 Å². The molecule has 0 amide bonds. The fourth-order valence-corrected chi connectivity index (χ4v) is 1.26. The van der Waals surface area contributed by atoms with Crippen LogP contribution >= 0.6 is 0 Å². The summed E-state index contributed by atoms with van der Waals surface area (Å²) in [5.74, 6) is -0.380. The summed E-state index contributed by atoms with van der Waals surface area (Å²) in [5, 5.41) is 5.70. The number of nitrogens with one attached hydrogen (secondary N) is 1. The summed E-state index contributed by atoms with van der Waals surface area (Å²) in [6.07, 6.45) is 1.41. The summed E-state index contributed by atoms with van der Waals surface area (Å²) in [6.45, 7) is 1.88. The molecule has 2 rings (SSSR count). The highest BCUT2D eigenvalue weighted by Gasteiger charge is 2.19. The van der Waals surface area contributed by atoms with Gasteiger partial charge in [0.25, 0.3) is 0 Å². The number of H-pyrrole nitrogens is 1. The first-order chi connectivity index (χ1) is 8.22. The van der Waals surface area contributed by atoms with E-state index in [0.717, 1.165) is 0 Å². The second-order valence-electron chi connectivity index (χ2n) is 3.04. The number of rotatable bonds is 3. The Morgan fingerprint density at radius 2 is 2.41 bits per heavy atom. The molecule has 0 spiro atoms. The summed E-state index contributed by atoms with van der Waals surface area (Å²) in [5.41, 5.74) is -0.678. The maximum absolute atomic E-state index is 11.6.